The summed E-state index contributed by atoms with van der Waals surface area (Å²) in [5.41, 5.74) is 1.08. The van der Waals surface area contributed by atoms with E-state index in [1.54, 1.807) is 19.2 Å². The maximum absolute atomic E-state index is 12.9. The number of carbonyl (C=O) groups is 1. The van der Waals surface area contributed by atoms with E-state index >= 15 is 0 Å². The molecule has 6 heteroatoms. The summed E-state index contributed by atoms with van der Waals surface area (Å²) in [7, 11) is 1.65. The summed E-state index contributed by atoms with van der Waals surface area (Å²) in [6, 6.07) is 14.1. The number of nitrogens with one attached hydrogen (secondary N) is 1. The van der Waals surface area contributed by atoms with Crippen LogP contribution in [0.15, 0.2) is 48.5 Å². The molecule has 1 amide bonds. The van der Waals surface area contributed by atoms with E-state index in [0.717, 1.165) is 30.7 Å². The molecule has 3 rings (SSSR count). The van der Waals surface area contributed by atoms with E-state index in [-0.39, 0.29) is 17.8 Å². The Morgan fingerprint density at radius 3 is 2.75 bits per heavy atom. The number of methoxy groups -OCH3 is 1. The van der Waals surface area contributed by atoms with Crippen LogP contribution in [0.4, 0.5) is 4.39 Å². The Morgan fingerprint density at radius 1 is 1.14 bits per heavy atom. The van der Waals surface area contributed by atoms with Crippen LogP contribution in [0.2, 0.25) is 0 Å². The number of carbonyl (C=O) groups excluding carboxylic acids is 1. The lowest BCUT2D eigenvalue weighted by Crippen LogP contribution is -2.35. The maximum Gasteiger partial charge on any atom is 0.223 e. The number of amides is 1. The van der Waals surface area contributed by atoms with E-state index in [4.69, 9.17) is 9.47 Å². The molecule has 0 spiro atoms. The highest BCUT2D eigenvalue weighted by Crippen LogP contribution is 2.24. The first-order valence-electron chi connectivity index (χ1n) is 9.67. The van der Waals surface area contributed by atoms with Gasteiger partial charge in [-0.3, -0.25) is 4.79 Å². The zero-order chi connectivity index (χ0) is 19.8. The first kappa shape index (κ1) is 20.1. The summed E-state index contributed by atoms with van der Waals surface area (Å²) in [6.07, 6.45) is 2.42. The minimum atomic E-state index is -0.268. The predicted molar refractivity (Wildman–Crippen MR) is 106 cm³/mol. The Labute approximate surface area is 165 Å². The Morgan fingerprint density at radius 2 is 1.96 bits per heavy atom. The Balaban J connectivity index is 1.39. The highest BCUT2D eigenvalue weighted by atomic mass is 19.1. The fourth-order valence-electron chi connectivity index (χ4n) is 3.44. The second-order valence-electron chi connectivity index (χ2n) is 6.91. The van der Waals surface area contributed by atoms with Crippen LogP contribution in [0.3, 0.4) is 0 Å². The fraction of sp³-hybridized carbons (Fsp3) is 0.409. The predicted octanol–water partition coefficient (Wildman–Crippen LogP) is 3.38. The van der Waals surface area contributed by atoms with E-state index in [1.807, 2.05) is 29.2 Å². The molecule has 2 aromatic carbocycles. The van der Waals surface area contributed by atoms with Gasteiger partial charge in [0.1, 0.15) is 23.9 Å². The lowest BCUT2D eigenvalue weighted by molar-refractivity contribution is -0.129. The van der Waals surface area contributed by atoms with Gasteiger partial charge in [-0.25, -0.2) is 4.39 Å². The van der Waals surface area contributed by atoms with Crippen LogP contribution in [0.5, 0.6) is 11.5 Å². The molecule has 150 valence electrons. The highest BCUT2D eigenvalue weighted by Gasteiger charge is 2.30. The van der Waals surface area contributed by atoms with Crippen LogP contribution >= 0.6 is 0 Å². The highest BCUT2D eigenvalue weighted by molar-refractivity contribution is 5.78. The molecule has 1 saturated heterocycles. The Kier molecular flexibility index (Phi) is 7.25. The summed E-state index contributed by atoms with van der Waals surface area (Å²) in [5, 5.41) is 3.35. The molecule has 2 aromatic rings. The van der Waals surface area contributed by atoms with Gasteiger partial charge in [-0.15, -0.1) is 0 Å². The number of likely N-dealkylation sites (tertiary alicyclic amines) is 1. The molecule has 1 unspecified atom stereocenters. The van der Waals surface area contributed by atoms with Gasteiger partial charge in [0, 0.05) is 25.6 Å². The van der Waals surface area contributed by atoms with Crippen molar-refractivity contribution in [2.75, 3.05) is 26.8 Å². The molecule has 1 aliphatic rings. The molecule has 1 atom stereocenters. The molecular weight excluding hydrogens is 359 g/mol. The van der Waals surface area contributed by atoms with Gasteiger partial charge in [-0.05, 0) is 61.3 Å². The molecule has 1 heterocycles. The minimum Gasteiger partial charge on any atom is -0.497 e. The average molecular weight is 386 g/mol. The molecule has 0 aliphatic carbocycles. The van der Waals surface area contributed by atoms with Crippen LogP contribution in [0.25, 0.3) is 0 Å². The molecular formula is C22H27FN2O3. The molecule has 1 fully saturated rings. The van der Waals surface area contributed by atoms with Gasteiger partial charge in [-0.1, -0.05) is 12.1 Å². The summed E-state index contributed by atoms with van der Waals surface area (Å²) in [4.78, 5) is 14.3. The van der Waals surface area contributed by atoms with Crippen LogP contribution < -0.4 is 14.8 Å². The largest absolute Gasteiger partial charge is 0.497 e. The van der Waals surface area contributed by atoms with Crippen molar-refractivity contribution in [2.24, 2.45) is 0 Å². The van der Waals surface area contributed by atoms with Crippen molar-refractivity contribution in [3.8, 4) is 11.5 Å². The van der Waals surface area contributed by atoms with Crippen LogP contribution in [-0.2, 0) is 11.3 Å². The number of ether oxygens (including phenoxy) is 2. The first-order valence-corrected chi connectivity index (χ1v) is 9.67. The third kappa shape index (κ3) is 5.70. The Hall–Kier alpha value is -2.60. The standard InChI is InChI=1S/C22H27FN2O3/c1-27-21-4-2-3-17(15-21)16-25-19(7-10-22(25)26)11-12-24-13-14-28-20-8-5-18(23)6-9-20/h2-6,8-9,15,19,24H,7,10-14,16H2,1H3. The molecule has 0 bridgehead atoms. The zero-order valence-corrected chi connectivity index (χ0v) is 16.2. The van der Waals surface area contributed by atoms with Gasteiger partial charge in [-0.2, -0.15) is 0 Å². The second kappa shape index (κ2) is 10.1. The summed E-state index contributed by atoms with van der Waals surface area (Å²) in [5.74, 6) is 1.42. The Bertz CT molecular complexity index is 767. The van der Waals surface area contributed by atoms with Crippen molar-refractivity contribution in [1.29, 1.82) is 0 Å². The molecule has 0 aromatic heterocycles. The number of halogens is 1. The van der Waals surface area contributed by atoms with Crippen LogP contribution in [0, 0.1) is 5.82 Å². The SMILES string of the molecule is COc1cccc(CN2C(=O)CCC2CCNCCOc2ccc(F)cc2)c1. The van der Waals surface area contributed by atoms with Gasteiger partial charge in [0.2, 0.25) is 5.91 Å². The third-order valence-electron chi connectivity index (χ3n) is 4.96. The van der Waals surface area contributed by atoms with Gasteiger partial charge >= 0.3 is 0 Å². The van der Waals surface area contributed by atoms with E-state index < -0.39 is 0 Å². The van der Waals surface area contributed by atoms with Crippen molar-refractivity contribution in [2.45, 2.75) is 31.8 Å². The van der Waals surface area contributed by atoms with Crippen molar-refractivity contribution < 1.29 is 18.7 Å². The second-order valence-corrected chi connectivity index (χ2v) is 6.91. The molecule has 28 heavy (non-hydrogen) atoms. The normalized spacial score (nSPS) is 16.4. The van der Waals surface area contributed by atoms with Crippen LogP contribution in [-0.4, -0.2) is 43.7 Å². The summed E-state index contributed by atoms with van der Waals surface area (Å²) in [6.45, 7) is 2.66. The van der Waals surface area contributed by atoms with E-state index in [9.17, 15) is 9.18 Å². The molecule has 1 N–H and O–H groups in total. The topological polar surface area (TPSA) is 50.8 Å². The lowest BCUT2D eigenvalue weighted by atomic mass is 10.1. The van der Waals surface area contributed by atoms with Crippen molar-refractivity contribution in [3.63, 3.8) is 0 Å². The van der Waals surface area contributed by atoms with Gasteiger partial charge in [0.25, 0.3) is 0 Å². The number of rotatable bonds is 10. The van der Waals surface area contributed by atoms with E-state index in [2.05, 4.69) is 5.32 Å². The number of hydrogen-bond donors (Lipinski definition) is 1. The van der Waals surface area contributed by atoms with Gasteiger partial charge < -0.3 is 19.7 Å². The number of benzene rings is 2. The smallest absolute Gasteiger partial charge is 0.223 e. The number of hydrogen-bond acceptors (Lipinski definition) is 4. The minimum absolute atomic E-state index is 0.215. The fourth-order valence-corrected chi connectivity index (χ4v) is 3.44. The maximum atomic E-state index is 12.9. The molecule has 5 nitrogen and oxygen atoms in total. The molecule has 0 radical (unpaired) electrons. The third-order valence-corrected chi connectivity index (χ3v) is 4.96. The monoisotopic (exact) mass is 386 g/mol. The molecule has 1 aliphatic heterocycles. The first-order chi connectivity index (χ1) is 13.7. The van der Waals surface area contributed by atoms with E-state index in [1.165, 1.54) is 12.1 Å². The zero-order valence-electron chi connectivity index (χ0n) is 16.2. The quantitative estimate of drug-likeness (QED) is 0.636. The average Bonchev–Trinajstić information content (AvgIpc) is 3.05. The number of nitrogens with zero attached hydrogens (tertiary/aromatic N) is 1. The summed E-state index contributed by atoms with van der Waals surface area (Å²) >= 11 is 0. The molecule has 0 saturated carbocycles. The summed E-state index contributed by atoms with van der Waals surface area (Å²) < 4.78 is 23.7. The van der Waals surface area contributed by atoms with Crippen molar-refractivity contribution >= 4 is 5.91 Å². The van der Waals surface area contributed by atoms with E-state index in [0.29, 0.717) is 31.9 Å². The lowest BCUT2D eigenvalue weighted by Gasteiger charge is -2.25. The van der Waals surface area contributed by atoms with Crippen molar-refractivity contribution in [3.05, 3.63) is 59.9 Å². The van der Waals surface area contributed by atoms with Gasteiger partial charge in [0.05, 0.1) is 7.11 Å². The van der Waals surface area contributed by atoms with Crippen LogP contribution in [0.1, 0.15) is 24.8 Å². The van der Waals surface area contributed by atoms with Crippen molar-refractivity contribution in [1.82, 2.24) is 10.2 Å². The van der Waals surface area contributed by atoms with Gasteiger partial charge in [0.15, 0.2) is 0 Å².